The molecule has 0 spiro atoms. The van der Waals surface area contributed by atoms with E-state index >= 15 is 0 Å². The molecule has 13 heavy (non-hydrogen) atoms. The van der Waals surface area contributed by atoms with Gasteiger partial charge in [-0.25, -0.2) is 0 Å². The largest absolute Gasteiger partial charge is 0.301 e. The lowest BCUT2D eigenvalue weighted by Gasteiger charge is -2.29. The smallest absolute Gasteiger partial charge is 0.00385 e. The fourth-order valence-electron chi connectivity index (χ4n) is 1.43. The van der Waals surface area contributed by atoms with Gasteiger partial charge in [-0.3, -0.25) is 0 Å². The van der Waals surface area contributed by atoms with Gasteiger partial charge in [-0.15, -0.1) is 0 Å². The van der Waals surface area contributed by atoms with E-state index in [9.17, 15) is 0 Å². The van der Waals surface area contributed by atoms with Crippen molar-refractivity contribution in [2.45, 2.75) is 59.9 Å². The number of piperidine rings is 1. The maximum absolute atomic E-state index is 2.56. The van der Waals surface area contributed by atoms with Crippen molar-refractivity contribution in [1.82, 2.24) is 4.90 Å². The Labute approximate surface area is 84.5 Å². The van der Waals surface area contributed by atoms with Gasteiger partial charge in [0.1, 0.15) is 0 Å². The Morgan fingerprint density at radius 3 is 1.38 bits per heavy atom. The van der Waals surface area contributed by atoms with Gasteiger partial charge in [-0.2, -0.15) is 0 Å². The monoisotopic (exact) mass is 185 g/mol. The van der Waals surface area contributed by atoms with Crippen molar-refractivity contribution in [3.63, 3.8) is 0 Å². The zero-order valence-electron chi connectivity index (χ0n) is 10.1. The van der Waals surface area contributed by atoms with E-state index < -0.39 is 0 Å². The van der Waals surface area contributed by atoms with Crippen LogP contribution in [0.5, 0.6) is 0 Å². The number of nitrogens with zero attached hydrogens (tertiary/aromatic N) is 1. The zero-order chi connectivity index (χ0) is 10.3. The van der Waals surface area contributed by atoms with Crippen LogP contribution in [0.2, 0.25) is 0 Å². The van der Waals surface area contributed by atoms with Gasteiger partial charge in [0.05, 0.1) is 0 Å². The van der Waals surface area contributed by atoms with Crippen LogP contribution < -0.4 is 0 Å². The molecule has 0 radical (unpaired) electrons. The molecule has 0 bridgehead atoms. The van der Waals surface area contributed by atoms with Crippen LogP contribution in [0.1, 0.15) is 53.9 Å². The van der Waals surface area contributed by atoms with Crippen molar-refractivity contribution in [2.75, 3.05) is 13.1 Å². The number of hydrogen-bond donors (Lipinski definition) is 0. The van der Waals surface area contributed by atoms with Crippen molar-refractivity contribution in [2.24, 2.45) is 5.92 Å². The van der Waals surface area contributed by atoms with E-state index in [0.29, 0.717) is 0 Å². The van der Waals surface area contributed by atoms with E-state index in [1.165, 1.54) is 32.4 Å². The average Bonchev–Trinajstić information content (AvgIpc) is 2.05. The van der Waals surface area contributed by atoms with Gasteiger partial charge in [-0.1, -0.05) is 27.2 Å². The molecule has 1 heteroatoms. The molecular formula is C12H27N. The highest BCUT2D eigenvalue weighted by Crippen LogP contribution is 2.10. The Morgan fingerprint density at radius 2 is 1.15 bits per heavy atom. The number of rotatable bonds is 1. The SMILES string of the molecule is CC(C)C.CC(C)N1CCCCC1. The third-order valence-electron chi connectivity index (χ3n) is 2.12. The lowest BCUT2D eigenvalue weighted by molar-refractivity contribution is 0.185. The van der Waals surface area contributed by atoms with Crippen LogP contribution in [0.25, 0.3) is 0 Å². The summed E-state index contributed by atoms with van der Waals surface area (Å²) in [5, 5.41) is 0. The summed E-state index contributed by atoms with van der Waals surface area (Å²) in [6.07, 6.45) is 4.28. The van der Waals surface area contributed by atoms with E-state index in [1.54, 1.807) is 0 Å². The predicted molar refractivity (Wildman–Crippen MR) is 61.1 cm³/mol. The second-order valence-corrected chi connectivity index (χ2v) is 4.92. The number of likely N-dealkylation sites (tertiary alicyclic amines) is 1. The first-order chi connectivity index (χ1) is 6.04. The van der Waals surface area contributed by atoms with Crippen LogP contribution in [0.4, 0.5) is 0 Å². The Kier molecular flexibility index (Phi) is 7.35. The minimum absolute atomic E-state index is 0.769. The Balaban J connectivity index is 0.000000310. The second-order valence-electron chi connectivity index (χ2n) is 4.92. The molecule has 80 valence electrons. The normalized spacial score (nSPS) is 18.7. The maximum atomic E-state index is 2.56. The van der Waals surface area contributed by atoms with Gasteiger partial charge in [0.2, 0.25) is 0 Å². The Morgan fingerprint density at radius 1 is 0.769 bits per heavy atom. The third kappa shape index (κ3) is 8.29. The Bertz CT molecular complexity index is 98.9. The van der Waals surface area contributed by atoms with Gasteiger partial charge >= 0.3 is 0 Å². The van der Waals surface area contributed by atoms with Crippen LogP contribution in [0.3, 0.4) is 0 Å². The van der Waals surface area contributed by atoms with Crippen LogP contribution in [-0.2, 0) is 0 Å². The number of hydrogen-bond acceptors (Lipinski definition) is 1. The summed E-state index contributed by atoms with van der Waals surface area (Å²) in [5.74, 6) is 0.833. The van der Waals surface area contributed by atoms with Gasteiger partial charge in [0.15, 0.2) is 0 Å². The van der Waals surface area contributed by atoms with E-state index in [-0.39, 0.29) is 0 Å². The summed E-state index contributed by atoms with van der Waals surface area (Å²) < 4.78 is 0. The molecule has 0 aromatic heterocycles. The zero-order valence-corrected chi connectivity index (χ0v) is 10.1. The summed E-state index contributed by atoms with van der Waals surface area (Å²) in [6.45, 7) is 13.7. The minimum atomic E-state index is 0.769. The molecule has 1 fully saturated rings. The van der Waals surface area contributed by atoms with Crippen molar-refractivity contribution in [3.8, 4) is 0 Å². The van der Waals surface area contributed by atoms with Gasteiger partial charge in [-0.05, 0) is 45.7 Å². The molecule has 1 aliphatic heterocycles. The first kappa shape index (κ1) is 13.0. The van der Waals surface area contributed by atoms with Gasteiger partial charge in [0, 0.05) is 6.04 Å². The van der Waals surface area contributed by atoms with Crippen LogP contribution in [0, 0.1) is 5.92 Å². The lowest BCUT2D eigenvalue weighted by Crippen LogP contribution is -2.35. The van der Waals surface area contributed by atoms with Crippen molar-refractivity contribution in [3.05, 3.63) is 0 Å². The summed E-state index contributed by atoms with van der Waals surface area (Å²) in [5.41, 5.74) is 0. The van der Waals surface area contributed by atoms with Gasteiger partial charge < -0.3 is 4.90 Å². The van der Waals surface area contributed by atoms with Crippen molar-refractivity contribution in [1.29, 1.82) is 0 Å². The van der Waals surface area contributed by atoms with Crippen LogP contribution in [0.15, 0.2) is 0 Å². The molecule has 1 saturated heterocycles. The quantitative estimate of drug-likeness (QED) is 0.604. The summed E-state index contributed by atoms with van der Waals surface area (Å²) in [4.78, 5) is 2.56. The Hall–Kier alpha value is -0.0400. The summed E-state index contributed by atoms with van der Waals surface area (Å²) in [6, 6.07) is 0.769. The molecule has 1 heterocycles. The average molecular weight is 185 g/mol. The molecule has 0 aromatic carbocycles. The van der Waals surface area contributed by atoms with E-state index in [2.05, 4.69) is 39.5 Å². The fourth-order valence-corrected chi connectivity index (χ4v) is 1.43. The molecule has 1 aliphatic rings. The molecule has 1 nitrogen and oxygen atoms in total. The van der Waals surface area contributed by atoms with Gasteiger partial charge in [0.25, 0.3) is 0 Å². The van der Waals surface area contributed by atoms with Crippen molar-refractivity contribution < 1.29 is 0 Å². The summed E-state index contributed by atoms with van der Waals surface area (Å²) in [7, 11) is 0. The maximum Gasteiger partial charge on any atom is 0.00385 e. The second kappa shape index (κ2) is 7.37. The molecule has 0 aliphatic carbocycles. The molecule has 0 atom stereocenters. The first-order valence-corrected chi connectivity index (χ1v) is 5.78. The summed E-state index contributed by atoms with van der Waals surface area (Å²) >= 11 is 0. The molecule has 0 unspecified atom stereocenters. The van der Waals surface area contributed by atoms with Crippen LogP contribution >= 0.6 is 0 Å². The van der Waals surface area contributed by atoms with Crippen molar-refractivity contribution >= 4 is 0 Å². The third-order valence-corrected chi connectivity index (χ3v) is 2.12. The lowest BCUT2D eigenvalue weighted by atomic mass is 10.1. The van der Waals surface area contributed by atoms with Crippen LogP contribution in [-0.4, -0.2) is 24.0 Å². The molecule has 0 saturated carbocycles. The highest BCUT2D eigenvalue weighted by molar-refractivity contribution is 4.67. The van der Waals surface area contributed by atoms with E-state index in [4.69, 9.17) is 0 Å². The molecule has 0 amide bonds. The topological polar surface area (TPSA) is 3.24 Å². The molecular weight excluding hydrogens is 158 g/mol. The fraction of sp³-hybridized carbons (Fsp3) is 1.00. The first-order valence-electron chi connectivity index (χ1n) is 5.78. The van der Waals surface area contributed by atoms with E-state index in [0.717, 1.165) is 12.0 Å². The minimum Gasteiger partial charge on any atom is -0.301 e. The van der Waals surface area contributed by atoms with E-state index in [1.807, 2.05) is 0 Å². The standard InChI is InChI=1S/C8H17N.C4H10/c1-8(2)9-6-4-3-5-7-9;1-4(2)3/h8H,3-7H2,1-2H3;4H,1-3H3. The molecule has 1 rings (SSSR count). The highest BCUT2D eigenvalue weighted by atomic mass is 15.1. The highest BCUT2D eigenvalue weighted by Gasteiger charge is 2.11. The molecule has 0 N–H and O–H groups in total. The predicted octanol–water partition coefficient (Wildman–Crippen LogP) is 3.54. The molecule has 0 aromatic rings.